The summed E-state index contributed by atoms with van der Waals surface area (Å²) < 4.78 is 4.43. The molecule has 2 N–H and O–H groups in total. The molecule has 0 saturated heterocycles. The fraction of sp³-hybridized carbons (Fsp3) is 0.0909. The third-order valence-electron chi connectivity index (χ3n) is 1.81. The van der Waals surface area contributed by atoms with Gasteiger partial charge in [0.1, 0.15) is 0 Å². The minimum Gasteiger partial charge on any atom is -0.466 e. The minimum absolute atomic E-state index is 0.141. The smallest absolute Gasteiger partial charge is 0.331 e. The van der Waals surface area contributed by atoms with Gasteiger partial charge < -0.3 is 10.5 Å². The van der Waals surface area contributed by atoms with Crippen molar-refractivity contribution in [1.82, 2.24) is 0 Å². The molecule has 0 spiro atoms. The Balaban J connectivity index is 3.10. The molecule has 0 heterocycles. The van der Waals surface area contributed by atoms with Gasteiger partial charge in [0.2, 0.25) is 5.91 Å². The summed E-state index contributed by atoms with van der Waals surface area (Å²) in [6, 6.07) is 8.70. The minimum atomic E-state index is -0.661. The van der Waals surface area contributed by atoms with Crippen LogP contribution < -0.4 is 5.73 Å². The standard InChI is InChI=1S/C11H11NO3/c1-15-10(13)7-9(11(12)14)8-5-3-2-4-6-8/h2-7H,1H3,(H2,12,14)/b9-7-. The first-order chi connectivity index (χ1) is 7.15. The number of hydrogen-bond acceptors (Lipinski definition) is 3. The van der Waals surface area contributed by atoms with Crippen molar-refractivity contribution < 1.29 is 14.3 Å². The Kier molecular flexibility index (Phi) is 3.62. The van der Waals surface area contributed by atoms with Crippen molar-refractivity contribution in [3.8, 4) is 0 Å². The Labute approximate surface area is 87.3 Å². The van der Waals surface area contributed by atoms with Gasteiger partial charge in [0.25, 0.3) is 0 Å². The fourth-order valence-electron chi connectivity index (χ4n) is 1.09. The van der Waals surface area contributed by atoms with Crippen LogP contribution in [0, 0.1) is 0 Å². The lowest BCUT2D eigenvalue weighted by molar-refractivity contribution is -0.135. The van der Waals surface area contributed by atoms with E-state index in [4.69, 9.17) is 5.73 Å². The zero-order valence-corrected chi connectivity index (χ0v) is 8.27. The number of esters is 1. The SMILES string of the molecule is COC(=O)/C=C(\C(N)=O)c1ccccc1. The normalized spacial score (nSPS) is 10.9. The van der Waals surface area contributed by atoms with Gasteiger partial charge in [-0.2, -0.15) is 0 Å². The molecular weight excluding hydrogens is 194 g/mol. The number of ether oxygens (including phenoxy) is 1. The Morgan fingerprint density at radius 3 is 2.33 bits per heavy atom. The molecule has 0 radical (unpaired) electrons. The van der Waals surface area contributed by atoms with Gasteiger partial charge in [0.05, 0.1) is 12.7 Å². The fourth-order valence-corrected chi connectivity index (χ4v) is 1.09. The molecule has 0 unspecified atom stereocenters. The van der Waals surface area contributed by atoms with E-state index < -0.39 is 11.9 Å². The molecule has 4 heteroatoms. The van der Waals surface area contributed by atoms with E-state index in [-0.39, 0.29) is 5.57 Å². The summed E-state index contributed by atoms with van der Waals surface area (Å²) in [5.74, 6) is -1.26. The maximum absolute atomic E-state index is 11.1. The lowest BCUT2D eigenvalue weighted by Crippen LogP contribution is -2.14. The average molecular weight is 205 g/mol. The first-order valence-corrected chi connectivity index (χ1v) is 4.30. The Morgan fingerprint density at radius 1 is 1.27 bits per heavy atom. The second kappa shape index (κ2) is 4.95. The van der Waals surface area contributed by atoms with Crippen molar-refractivity contribution in [3.05, 3.63) is 42.0 Å². The van der Waals surface area contributed by atoms with E-state index in [1.807, 2.05) is 0 Å². The quantitative estimate of drug-likeness (QED) is 0.584. The van der Waals surface area contributed by atoms with Crippen LogP contribution in [0.1, 0.15) is 5.56 Å². The van der Waals surface area contributed by atoms with Gasteiger partial charge in [-0.3, -0.25) is 4.79 Å². The average Bonchev–Trinajstić information content (AvgIpc) is 2.26. The zero-order chi connectivity index (χ0) is 11.3. The Bertz CT molecular complexity index is 396. The largest absolute Gasteiger partial charge is 0.466 e. The Morgan fingerprint density at radius 2 is 1.87 bits per heavy atom. The number of carbonyl (C=O) groups is 2. The molecule has 1 aromatic carbocycles. The summed E-state index contributed by atoms with van der Waals surface area (Å²) in [4.78, 5) is 22.1. The summed E-state index contributed by atoms with van der Waals surface area (Å²) in [7, 11) is 1.24. The van der Waals surface area contributed by atoms with Crippen LogP contribution in [0.3, 0.4) is 0 Å². The van der Waals surface area contributed by atoms with Gasteiger partial charge >= 0.3 is 5.97 Å². The topological polar surface area (TPSA) is 69.4 Å². The maximum atomic E-state index is 11.1. The number of nitrogens with two attached hydrogens (primary N) is 1. The third kappa shape index (κ3) is 2.95. The number of primary amides is 1. The van der Waals surface area contributed by atoms with Gasteiger partial charge in [-0.05, 0) is 5.56 Å². The zero-order valence-electron chi connectivity index (χ0n) is 8.27. The molecule has 0 aromatic heterocycles. The molecule has 0 bridgehead atoms. The van der Waals surface area contributed by atoms with Crippen molar-refractivity contribution in [1.29, 1.82) is 0 Å². The molecule has 0 saturated carbocycles. The highest BCUT2D eigenvalue weighted by atomic mass is 16.5. The molecule has 78 valence electrons. The number of rotatable bonds is 3. The van der Waals surface area contributed by atoms with Gasteiger partial charge in [0.15, 0.2) is 0 Å². The molecule has 0 aliphatic carbocycles. The van der Waals surface area contributed by atoms with Crippen LogP contribution in [0.4, 0.5) is 0 Å². The van der Waals surface area contributed by atoms with Crippen LogP contribution in [0.25, 0.3) is 5.57 Å². The van der Waals surface area contributed by atoms with E-state index in [0.717, 1.165) is 6.08 Å². The molecule has 0 aliphatic heterocycles. The van der Waals surface area contributed by atoms with Gasteiger partial charge in [-0.15, -0.1) is 0 Å². The molecular formula is C11H11NO3. The highest BCUT2D eigenvalue weighted by Gasteiger charge is 2.09. The first kappa shape index (κ1) is 11.0. The number of methoxy groups -OCH3 is 1. The van der Waals surface area contributed by atoms with Crippen LogP contribution in [0.15, 0.2) is 36.4 Å². The summed E-state index contributed by atoms with van der Waals surface area (Å²) in [5, 5.41) is 0. The Hall–Kier alpha value is -2.10. The van der Waals surface area contributed by atoms with Gasteiger partial charge in [-0.1, -0.05) is 30.3 Å². The summed E-state index contributed by atoms with van der Waals surface area (Å²) in [6.07, 6.45) is 1.08. The van der Waals surface area contributed by atoms with E-state index in [1.165, 1.54) is 7.11 Å². The van der Waals surface area contributed by atoms with Crippen LogP contribution >= 0.6 is 0 Å². The first-order valence-electron chi connectivity index (χ1n) is 4.30. The number of carbonyl (C=O) groups excluding carboxylic acids is 2. The number of hydrogen-bond donors (Lipinski definition) is 1. The maximum Gasteiger partial charge on any atom is 0.331 e. The lowest BCUT2D eigenvalue weighted by Gasteiger charge is -2.02. The molecule has 0 fully saturated rings. The van der Waals surface area contributed by atoms with Crippen molar-refractivity contribution in [2.45, 2.75) is 0 Å². The number of amides is 1. The van der Waals surface area contributed by atoms with Crippen LogP contribution in [-0.2, 0) is 14.3 Å². The molecule has 4 nitrogen and oxygen atoms in total. The van der Waals surface area contributed by atoms with E-state index in [9.17, 15) is 9.59 Å². The van der Waals surface area contributed by atoms with E-state index in [2.05, 4.69) is 4.74 Å². The summed E-state index contributed by atoms with van der Waals surface area (Å²) >= 11 is 0. The molecule has 1 amide bonds. The van der Waals surface area contributed by atoms with E-state index in [0.29, 0.717) is 5.56 Å². The molecule has 0 aliphatic rings. The highest BCUT2D eigenvalue weighted by Crippen LogP contribution is 2.13. The molecule has 1 aromatic rings. The van der Waals surface area contributed by atoms with Crippen molar-refractivity contribution >= 4 is 17.4 Å². The van der Waals surface area contributed by atoms with Gasteiger partial charge in [0, 0.05) is 6.08 Å². The second-order valence-corrected chi connectivity index (χ2v) is 2.81. The lowest BCUT2D eigenvalue weighted by atomic mass is 10.1. The van der Waals surface area contributed by atoms with E-state index in [1.54, 1.807) is 30.3 Å². The number of benzene rings is 1. The predicted molar refractivity (Wildman–Crippen MR) is 55.6 cm³/mol. The molecule has 1 rings (SSSR count). The highest BCUT2D eigenvalue weighted by molar-refractivity contribution is 6.22. The van der Waals surface area contributed by atoms with Crippen molar-refractivity contribution in [3.63, 3.8) is 0 Å². The van der Waals surface area contributed by atoms with Crippen molar-refractivity contribution in [2.24, 2.45) is 5.73 Å². The van der Waals surface area contributed by atoms with Crippen LogP contribution in [0.2, 0.25) is 0 Å². The summed E-state index contributed by atoms with van der Waals surface area (Å²) in [6.45, 7) is 0. The third-order valence-corrected chi connectivity index (χ3v) is 1.81. The monoisotopic (exact) mass is 205 g/mol. The molecule has 0 atom stereocenters. The second-order valence-electron chi connectivity index (χ2n) is 2.81. The molecule has 15 heavy (non-hydrogen) atoms. The van der Waals surface area contributed by atoms with Crippen molar-refractivity contribution in [2.75, 3.05) is 7.11 Å². The van der Waals surface area contributed by atoms with Crippen LogP contribution in [-0.4, -0.2) is 19.0 Å². The summed E-state index contributed by atoms with van der Waals surface area (Å²) in [5.41, 5.74) is 5.89. The van der Waals surface area contributed by atoms with E-state index >= 15 is 0 Å². The van der Waals surface area contributed by atoms with Gasteiger partial charge in [-0.25, -0.2) is 4.79 Å². The predicted octanol–water partition coefficient (Wildman–Crippen LogP) is 0.728. The van der Waals surface area contributed by atoms with Crippen LogP contribution in [0.5, 0.6) is 0 Å².